The monoisotopic (exact) mass is 260 g/mol. The van der Waals surface area contributed by atoms with Gasteiger partial charge in [-0.3, -0.25) is 0 Å². The molecule has 0 aromatic heterocycles. The van der Waals surface area contributed by atoms with Gasteiger partial charge in [0.25, 0.3) is 0 Å². The summed E-state index contributed by atoms with van der Waals surface area (Å²) in [4.78, 5) is 2.58. The first kappa shape index (κ1) is 12.9. The molecule has 0 aliphatic carbocycles. The Bertz CT molecular complexity index is 421. The highest BCUT2D eigenvalue weighted by Crippen LogP contribution is 2.34. The molecule has 1 N–H and O–H groups in total. The Balaban J connectivity index is 1.58. The van der Waals surface area contributed by atoms with Crippen molar-refractivity contribution < 1.29 is 4.74 Å². The molecule has 0 saturated carbocycles. The van der Waals surface area contributed by atoms with Crippen molar-refractivity contribution in [1.82, 2.24) is 10.2 Å². The lowest BCUT2D eigenvalue weighted by molar-refractivity contribution is 0.148. The summed E-state index contributed by atoms with van der Waals surface area (Å²) >= 11 is 0. The Hall–Kier alpha value is -1.06. The van der Waals surface area contributed by atoms with Gasteiger partial charge < -0.3 is 15.0 Å². The molecule has 1 aromatic carbocycles. The van der Waals surface area contributed by atoms with Gasteiger partial charge in [0, 0.05) is 30.2 Å². The van der Waals surface area contributed by atoms with Crippen LogP contribution in [0.2, 0.25) is 0 Å². The zero-order valence-electron chi connectivity index (χ0n) is 11.9. The third-order valence-corrected chi connectivity index (χ3v) is 4.87. The van der Waals surface area contributed by atoms with E-state index >= 15 is 0 Å². The molecular weight excluding hydrogens is 236 g/mol. The normalized spacial score (nSPS) is 30.5. The van der Waals surface area contributed by atoms with Gasteiger partial charge >= 0.3 is 0 Å². The highest BCUT2D eigenvalue weighted by Gasteiger charge is 2.38. The number of piperidine rings is 1. The standard InChI is InChI=1S/C16H24N2O/c1-18-14-7-8-15(18)10-13(9-14)17-11-12-5-3-4-6-16(12)19-2/h3-6,13-15,17H,7-11H2,1-2H3. The highest BCUT2D eigenvalue weighted by molar-refractivity contribution is 5.33. The van der Waals surface area contributed by atoms with Crippen molar-refractivity contribution >= 4 is 0 Å². The van der Waals surface area contributed by atoms with E-state index < -0.39 is 0 Å². The number of hydrogen-bond acceptors (Lipinski definition) is 3. The number of ether oxygens (including phenoxy) is 1. The zero-order chi connectivity index (χ0) is 13.2. The minimum Gasteiger partial charge on any atom is -0.496 e. The van der Waals surface area contributed by atoms with Crippen molar-refractivity contribution in [3.63, 3.8) is 0 Å². The summed E-state index contributed by atoms with van der Waals surface area (Å²) < 4.78 is 5.41. The van der Waals surface area contributed by atoms with E-state index in [0.717, 1.165) is 24.4 Å². The third kappa shape index (κ3) is 2.63. The van der Waals surface area contributed by atoms with Gasteiger partial charge in [-0.2, -0.15) is 0 Å². The van der Waals surface area contributed by atoms with Gasteiger partial charge in [-0.15, -0.1) is 0 Å². The van der Waals surface area contributed by atoms with Crippen LogP contribution in [0.3, 0.4) is 0 Å². The highest BCUT2D eigenvalue weighted by atomic mass is 16.5. The van der Waals surface area contributed by atoms with E-state index in [1.807, 2.05) is 12.1 Å². The van der Waals surface area contributed by atoms with Crippen LogP contribution in [-0.2, 0) is 6.54 Å². The summed E-state index contributed by atoms with van der Waals surface area (Å²) in [6.07, 6.45) is 5.35. The average Bonchev–Trinajstić information content (AvgIpc) is 2.67. The molecule has 2 aliphatic heterocycles. The average molecular weight is 260 g/mol. The SMILES string of the molecule is COc1ccccc1CNC1CC2CCC(C1)N2C. The summed E-state index contributed by atoms with van der Waals surface area (Å²) in [7, 11) is 4.04. The van der Waals surface area contributed by atoms with Gasteiger partial charge in [0.2, 0.25) is 0 Å². The Kier molecular flexibility index (Phi) is 3.76. The lowest BCUT2D eigenvalue weighted by Gasteiger charge is -2.36. The first-order valence-corrected chi connectivity index (χ1v) is 7.35. The van der Waals surface area contributed by atoms with Gasteiger partial charge in [-0.05, 0) is 38.8 Å². The molecule has 1 aromatic rings. The third-order valence-electron chi connectivity index (χ3n) is 4.87. The minimum absolute atomic E-state index is 0.665. The maximum Gasteiger partial charge on any atom is 0.123 e. The summed E-state index contributed by atoms with van der Waals surface area (Å²) in [5, 5.41) is 3.73. The van der Waals surface area contributed by atoms with Crippen LogP contribution >= 0.6 is 0 Å². The van der Waals surface area contributed by atoms with E-state index in [0.29, 0.717) is 6.04 Å². The molecule has 3 heteroatoms. The van der Waals surface area contributed by atoms with E-state index in [4.69, 9.17) is 4.74 Å². The molecule has 3 nitrogen and oxygen atoms in total. The van der Waals surface area contributed by atoms with Crippen molar-refractivity contribution in [2.45, 2.75) is 50.4 Å². The predicted molar refractivity (Wildman–Crippen MR) is 77.4 cm³/mol. The van der Waals surface area contributed by atoms with Gasteiger partial charge in [0.1, 0.15) is 5.75 Å². The van der Waals surface area contributed by atoms with E-state index in [-0.39, 0.29) is 0 Å². The van der Waals surface area contributed by atoms with E-state index in [1.165, 1.54) is 31.2 Å². The lowest BCUT2D eigenvalue weighted by Crippen LogP contribution is -2.47. The van der Waals surface area contributed by atoms with Gasteiger partial charge in [0.05, 0.1) is 7.11 Å². The zero-order valence-corrected chi connectivity index (χ0v) is 11.9. The number of benzene rings is 1. The summed E-state index contributed by atoms with van der Waals surface area (Å²) in [6.45, 7) is 0.915. The van der Waals surface area contributed by atoms with Gasteiger partial charge in [-0.25, -0.2) is 0 Å². The molecule has 2 saturated heterocycles. The molecule has 0 amide bonds. The van der Waals surface area contributed by atoms with E-state index in [9.17, 15) is 0 Å². The van der Waals surface area contributed by atoms with Crippen LogP contribution in [0, 0.1) is 0 Å². The summed E-state index contributed by atoms with van der Waals surface area (Å²) in [5.41, 5.74) is 1.26. The number of hydrogen-bond donors (Lipinski definition) is 1. The fourth-order valence-electron chi connectivity index (χ4n) is 3.68. The van der Waals surface area contributed by atoms with Crippen LogP contribution in [0.5, 0.6) is 5.75 Å². The Morgan fingerprint density at radius 2 is 1.89 bits per heavy atom. The lowest BCUT2D eigenvalue weighted by atomic mass is 9.98. The Morgan fingerprint density at radius 1 is 1.21 bits per heavy atom. The number of nitrogens with one attached hydrogen (secondary N) is 1. The second-order valence-electron chi connectivity index (χ2n) is 5.91. The van der Waals surface area contributed by atoms with Crippen molar-refractivity contribution in [1.29, 1.82) is 0 Å². The fraction of sp³-hybridized carbons (Fsp3) is 0.625. The molecule has 2 aliphatic rings. The maximum absolute atomic E-state index is 5.41. The molecule has 2 bridgehead atoms. The van der Waals surface area contributed by atoms with Crippen molar-refractivity contribution in [2.24, 2.45) is 0 Å². The van der Waals surface area contributed by atoms with Crippen LogP contribution in [0.15, 0.2) is 24.3 Å². The second kappa shape index (κ2) is 5.51. The largest absolute Gasteiger partial charge is 0.496 e. The molecule has 2 fully saturated rings. The number of nitrogens with zero attached hydrogens (tertiary/aromatic N) is 1. The van der Waals surface area contributed by atoms with Crippen LogP contribution < -0.4 is 10.1 Å². The minimum atomic E-state index is 0.665. The fourth-order valence-corrected chi connectivity index (χ4v) is 3.68. The topological polar surface area (TPSA) is 24.5 Å². The van der Waals surface area contributed by atoms with Crippen LogP contribution in [0.1, 0.15) is 31.2 Å². The number of rotatable bonds is 4. The molecule has 0 spiro atoms. The molecule has 0 radical (unpaired) electrons. The Morgan fingerprint density at radius 3 is 2.58 bits per heavy atom. The molecule has 104 valence electrons. The van der Waals surface area contributed by atoms with Gasteiger partial charge in [-0.1, -0.05) is 18.2 Å². The number of methoxy groups -OCH3 is 1. The summed E-state index contributed by atoms with van der Waals surface area (Å²) in [6, 6.07) is 10.6. The molecular formula is C16H24N2O. The Labute approximate surface area is 115 Å². The second-order valence-corrected chi connectivity index (χ2v) is 5.91. The molecule has 3 rings (SSSR count). The van der Waals surface area contributed by atoms with Gasteiger partial charge in [0.15, 0.2) is 0 Å². The molecule has 19 heavy (non-hydrogen) atoms. The maximum atomic E-state index is 5.41. The van der Waals surface area contributed by atoms with Crippen molar-refractivity contribution in [3.05, 3.63) is 29.8 Å². The quantitative estimate of drug-likeness (QED) is 0.900. The molecule has 2 unspecified atom stereocenters. The van der Waals surface area contributed by atoms with Crippen molar-refractivity contribution in [2.75, 3.05) is 14.2 Å². The number of para-hydroxylation sites is 1. The molecule has 2 heterocycles. The summed E-state index contributed by atoms with van der Waals surface area (Å²) in [5.74, 6) is 0.992. The van der Waals surface area contributed by atoms with Crippen LogP contribution in [-0.4, -0.2) is 37.2 Å². The predicted octanol–water partition coefficient (Wildman–Crippen LogP) is 2.41. The van der Waals surface area contributed by atoms with E-state index in [2.05, 4.69) is 29.4 Å². The number of fused-ring (bicyclic) bond motifs is 2. The van der Waals surface area contributed by atoms with E-state index in [1.54, 1.807) is 7.11 Å². The smallest absolute Gasteiger partial charge is 0.123 e. The first-order chi connectivity index (χ1) is 9.28. The van der Waals surface area contributed by atoms with Crippen LogP contribution in [0.25, 0.3) is 0 Å². The van der Waals surface area contributed by atoms with Crippen molar-refractivity contribution in [3.8, 4) is 5.75 Å². The first-order valence-electron chi connectivity index (χ1n) is 7.35. The molecule has 2 atom stereocenters. The van der Waals surface area contributed by atoms with Crippen LogP contribution in [0.4, 0.5) is 0 Å².